The van der Waals surface area contributed by atoms with Crippen molar-refractivity contribution in [2.24, 2.45) is 0 Å². The lowest BCUT2D eigenvalue weighted by Crippen LogP contribution is -2.09. The number of hydrogen-bond donors (Lipinski definition) is 0. The van der Waals surface area contributed by atoms with E-state index in [9.17, 15) is 0 Å². The first-order valence-electron chi connectivity index (χ1n) is 3.04. The van der Waals surface area contributed by atoms with Crippen LogP contribution in [0.5, 0.6) is 0 Å². The standard InChI is InChI=1S/C7H12S/c1-3-7(2)5-4-6-8-7/h3H,1,4-6H2,2H3/t7-/m1/s1. The Morgan fingerprint density at radius 2 is 2.50 bits per heavy atom. The minimum atomic E-state index is 0.417. The lowest BCUT2D eigenvalue weighted by molar-refractivity contribution is 0.725. The van der Waals surface area contributed by atoms with Crippen LogP contribution in [0.2, 0.25) is 0 Å². The number of rotatable bonds is 1. The molecule has 1 aliphatic rings. The summed E-state index contributed by atoms with van der Waals surface area (Å²) in [6, 6.07) is 0. The average molecular weight is 128 g/mol. The van der Waals surface area contributed by atoms with Gasteiger partial charge in [-0.1, -0.05) is 6.08 Å². The van der Waals surface area contributed by atoms with Crippen LogP contribution in [0, 0.1) is 0 Å². The lowest BCUT2D eigenvalue weighted by Gasteiger charge is -2.15. The Kier molecular flexibility index (Phi) is 1.66. The molecule has 0 radical (unpaired) electrons. The van der Waals surface area contributed by atoms with Gasteiger partial charge in [0, 0.05) is 4.75 Å². The Bertz CT molecular complexity index is 90.6. The van der Waals surface area contributed by atoms with Crippen LogP contribution in [0.4, 0.5) is 0 Å². The van der Waals surface area contributed by atoms with Crippen LogP contribution in [0.3, 0.4) is 0 Å². The molecule has 0 N–H and O–H groups in total. The second kappa shape index (κ2) is 2.14. The molecule has 0 amide bonds. The van der Waals surface area contributed by atoms with Gasteiger partial charge in [0.1, 0.15) is 0 Å². The molecule has 0 aromatic carbocycles. The highest BCUT2D eigenvalue weighted by molar-refractivity contribution is 8.01. The fraction of sp³-hybridized carbons (Fsp3) is 0.714. The van der Waals surface area contributed by atoms with Crippen LogP contribution in [0.15, 0.2) is 12.7 Å². The summed E-state index contributed by atoms with van der Waals surface area (Å²) in [5, 5.41) is 0. The molecule has 0 spiro atoms. The van der Waals surface area contributed by atoms with Gasteiger partial charge in [-0.2, -0.15) is 11.8 Å². The topological polar surface area (TPSA) is 0 Å². The van der Waals surface area contributed by atoms with Gasteiger partial charge in [-0.25, -0.2) is 0 Å². The molecule has 0 saturated carbocycles. The van der Waals surface area contributed by atoms with Crippen LogP contribution < -0.4 is 0 Å². The maximum absolute atomic E-state index is 3.79. The van der Waals surface area contributed by atoms with Crippen molar-refractivity contribution in [2.75, 3.05) is 5.75 Å². The summed E-state index contributed by atoms with van der Waals surface area (Å²) >= 11 is 2.03. The summed E-state index contributed by atoms with van der Waals surface area (Å²) < 4.78 is 0.417. The zero-order chi connectivity index (χ0) is 6.04. The summed E-state index contributed by atoms with van der Waals surface area (Å²) in [4.78, 5) is 0. The molecule has 0 unspecified atom stereocenters. The summed E-state index contributed by atoms with van der Waals surface area (Å²) in [5.74, 6) is 1.32. The highest BCUT2D eigenvalue weighted by Gasteiger charge is 2.24. The molecule has 1 heteroatoms. The van der Waals surface area contributed by atoms with Gasteiger partial charge in [0.05, 0.1) is 0 Å². The molecular weight excluding hydrogens is 116 g/mol. The van der Waals surface area contributed by atoms with Crippen molar-refractivity contribution in [3.63, 3.8) is 0 Å². The Labute approximate surface area is 55.4 Å². The molecule has 1 fully saturated rings. The van der Waals surface area contributed by atoms with Crippen molar-refractivity contribution >= 4 is 11.8 Å². The predicted molar refractivity (Wildman–Crippen MR) is 40.3 cm³/mol. The highest BCUT2D eigenvalue weighted by Crippen LogP contribution is 2.38. The third-order valence-electron chi connectivity index (χ3n) is 1.68. The van der Waals surface area contributed by atoms with E-state index in [1.165, 1.54) is 18.6 Å². The molecular formula is C7H12S. The van der Waals surface area contributed by atoms with Crippen LogP contribution in [-0.2, 0) is 0 Å². The summed E-state index contributed by atoms with van der Waals surface area (Å²) in [6.45, 7) is 6.06. The van der Waals surface area contributed by atoms with Gasteiger partial charge in [-0.3, -0.25) is 0 Å². The third-order valence-corrected chi connectivity index (χ3v) is 3.20. The van der Waals surface area contributed by atoms with Crippen LogP contribution >= 0.6 is 11.8 Å². The van der Waals surface area contributed by atoms with E-state index >= 15 is 0 Å². The van der Waals surface area contributed by atoms with Crippen molar-refractivity contribution in [1.82, 2.24) is 0 Å². The van der Waals surface area contributed by atoms with Gasteiger partial charge in [0.2, 0.25) is 0 Å². The number of thioether (sulfide) groups is 1. The minimum Gasteiger partial charge on any atom is -0.151 e. The summed E-state index contributed by atoms with van der Waals surface area (Å²) in [7, 11) is 0. The van der Waals surface area contributed by atoms with Gasteiger partial charge >= 0.3 is 0 Å². The first-order chi connectivity index (χ1) is 3.77. The molecule has 1 saturated heterocycles. The highest BCUT2D eigenvalue weighted by atomic mass is 32.2. The molecule has 1 rings (SSSR count). The van der Waals surface area contributed by atoms with Crippen molar-refractivity contribution in [3.8, 4) is 0 Å². The first-order valence-corrected chi connectivity index (χ1v) is 4.03. The van der Waals surface area contributed by atoms with Crippen LogP contribution in [0.25, 0.3) is 0 Å². The lowest BCUT2D eigenvalue weighted by atomic mass is 10.1. The van der Waals surface area contributed by atoms with Crippen molar-refractivity contribution < 1.29 is 0 Å². The van der Waals surface area contributed by atoms with Gasteiger partial charge in [-0.05, 0) is 25.5 Å². The average Bonchev–Trinajstić information content (AvgIpc) is 2.17. The Morgan fingerprint density at radius 1 is 1.75 bits per heavy atom. The molecule has 0 aliphatic carbocycles. The van der Waals surface area contributed by atoms with E-state index in [2.05, 4.69) is 19.6 Å². The van der Waals surface area contributed by atoms with Gasteiger partial charge in [0.25, 0.3) is 0 Å². The number of hydrogen-bond acceptors (Lipinski definition) is 1. The van der Waals surface area contributed by atoms with E-state index in [-0.39, 0.29) is 0 Å². The molecule has 46 valence electrons. The minimum absolute atomic E-state index is 0.417. The smallest absolute Gasteiger partial charge is 0.0308 e. The monoisotopic (exact) mass is 128 g/mol. The molecule has 8 heavy (non-hydrogen) atoms. The van der Waals surface area contributed by atoms with Gasteiger partial charge in [0.15, 0.2) is 0 Å². The Balaban J connectivity index is 2.52. The van der Waals surface area contributed by atoms with Crippen molar-refractivity contribution in [2.45, 2.75) is 24.5 Å². The van der Waals surface area contributed by atoms with Crippen molar-refractivity contribution in [1.29, 1.82) is 0 Å². The maximum Gasteiger partial charge on any atom is 0.0308 e. The van der Waals surface area contributed by atoms with E-state index in [1.807, 2.05) is 11.8 Å². The third kappa shape index (κ3) is 1.08. The van der Waals surface area contributed by atoms with E-state index in [0.29, 0.717) is 4.75 Å². The van der Waals surface area contributed by atoms with Gasteiger partial charge in [-0.15, -0.1) is 6.58 Å². The van der Waals surface area contributed by atoms with E-state index in [4.69, 9.17) is 0 Å². The normalized spacial score (nSPS) is 37.6. The molecule has 0 nitrogen and oxygen atoms in total. The molecule has 1 atom stereocenters. The second-order valence-electron chi connectivity index (χ2n) is 2.47. The summed E-state index contributed by atoms with van der Waals surface area (Å²) in [6.07, 6.45) is 4.76. The Hall–Kier alpha value is 0.0900. The fourth-order valence-electron chi connectivity index (χ4n) is 0.962. The zero-order valence-electron chi connectivity index (χ0n) is 5.31. The van der Waals surface area contributed by atoms with Crippen LogP contribution in [0.1, 0.15) is 19.8 Å². The predicted octanol–water partition coefficient (Wildman–Crippen LogP) is 2.46. The van der Waals surface area contributed by atoms with Crippen LogP contribution in [-0.4, -0.2) is 10.5 Å². The maximum atomic E-state index is 3.79. The van der Waals surface area contributed by atoms with E-state index in [1.54, 1.807) is 0 Å². The molecule has 1 heterocycles. The molecule has 0 bridgehead atoms. The molecule has 0 aromatic rings. The zero-order valence-corrected chi connectivity index (χ0v) is 6.13. The SMILES string of the molecule is C=C[C@]1(C)CCCS1. The molecule has 1 aliphatic heterocycles. The Morgan fingerprint density at radius 3 is 2.75 bits per heavy atom. The van der Waals surface area contributed by atoms with E-state index < -0.39 is 0 Å². The second-order valence-corrected chi connectivity index (χ2v) is 4.10. The fourth-order valence-corrected chi connectivity index (χ4v) is 2.12. The summed E-state index contributed by atoms with van der Waals surface area (Å²) in [5.41, 5.74) is 0. The van der Waals surface area contributed by atoms with E-state index in [0.717, 1.165) is 0 Å². The molecule has 0 aromatic heterocycles. The quantitative estimate of drug-likeness (QED) is 0.489. The van der Waals surface area contributed by atoms with Gasteiger partial charge < -0.3 is 0 Å². The first kappa shape index (κ1) is 6.21. The van der Waals surface area contributed by atoms with Crippen molar-refractivity contribution in [3.05, 3.63) is 12.7 Å². The largest absolute Gasteiger partial charge is 0.151 e.